The largest absolute Gasteiger partial charge is 0.443 e. The van der Waals surface area contributed by atoms with Crippen LogP contribution in [0.25, 0.3) is 10.8 Å². The van der Waals surface area contributed by atoms with Crippen molar-refractivity contribution in [1.29, 1.82) is 0 Å². The molecule has 0 saturated heterocycles. The van der Waals surface area contributed by atoms with Crippen molar-refractivity contribution in [3.63, 3.8) is 0 Å². The average molecular weight is 328 g/mol. The van der Waals surface area contributed by atoms with Gasteiger partial charge in [0.15, 0.2) is 0 Å². The molecule has 5 nitrogen and oxygen atoms in total. The van der Waals surface area contributed by atoms with Crippen LogP contribution in [0.5, 0.6) is 0 Å². The van der Waals surface area contributed by atoms with Crippen molar-refractivity contribution < 1.29 is 9.21 Å². The maximum Gasteiger partial charge on any atom is 0.240 e. The summed E-state index contributed by atoms with van der Waals surface area (Å²) in [6, 6.07) is 3.90. The first kappa shape index (κ1) is 16.0. The number of hydrogen-bond donors (Lipinski definition) is 2. The molecule has 2 aromatic rings. The number of oxazole rings is 1. The Hall–Kier alpha value is -1.37. The maximum absolute atomic E-state index is 12.1. The first-order chi connectivity index (χ1) is 9.67. The standard InChI is InChI=1S/C14H17N3O2S.ClH/c15-14(5-1-2-6-14)13(18)16-8-10-9-19-12(17-10)11-4-3-7-20-11;/h3-4,7,9H,1-2,5-6,8,15H2,(H,16,18);1H. The second kappa shape index (κ2) is 6.60. The van der Waals surface area contributed by atoms with Crippen molar-refractivity contribution >= 4 is 29.7 Å². The van der Waals surface area contributed by atoms with Crippen molar-refractivity contribution in [2.75, 3.05) is 0 Å². The van der Waals surface area contributed by atoms with Gasteiger partial charge in [0.05, 0.1) is 22.7 Å². The van der Waals surface area contributed by atoms with Crippen LogP contribution in [0.15, 0.2) is 28.2 Å². The van der Waals surface area contributed by atoms with Gasteiger partial charge in [0.2, 0.25) is 11.8 Å². The molecule has 3 N–H and O–H groups in total. The molecule has 3 rings (SSSR count). The number of nitrogens with one attached hydrogen (secondary N) is 1. The van der Waals surface area contributed by atoms with E-state index in [0.717, 1.165) is 30.6 Å². The number of carbonyl (C=O) groups is 1. The van der Waals surface area contributed by atoms with Crippen LogP contribution in [-0.2, 0) is 11.3 Å². The normalized spacial score (nSPS) is 16.4. The van der Waals surface area contributed by atoms with E-state index >= 15 is 0 Å². The summed E-state index contributed by atoms with van der Waals surface area (Å²) in [6.07, 6.45) is 5.15. The lowest BCUT2D eigenvalue weighted by Gasteiger charge is -2.21. The predicted octanol–water partition coefficient (Wildman–Crippen LogP) is 2.71. The third kappa shape index (κ3) is 3.45. The molecular weight excluding hydrogens is 310 g/mol. The average Bonchev–Trinajstić information content (AvgIpc) is 3.17. The fourth-order valence-corrected chi connectivity index (χ4v) is 3.14. The summed E-state index contributed by atoms with van der Waals surface area (Å²) in [5.41, 5.74) is 6.11. The molecule has 1 fully saturated rings. The number of hydrogen-bond acceptors (Lipinski definition) is 5. The molecule has 114 valence electrons. The van der Waals surface area contributed by atoms with Gasteiger partial charge in [-0.1, -0.05) is 18.9 Å². The summed E-state index contributed by atoms with van der Waals surface area (Å²) in [7, 11) is 0. The van der Waals surface area contributed by atoms with Crippen molar-refractivity contribution in [3.8, 4) is 10.8 Å². The lowest BCUT2D eigenvalue weighted by atomic mass is 9.98. The molecule has 0 spiro atoms. The van der Waals surface area contributed by atoms with E-state index in [1.165, 1.54) is 0 Å². The van der Waals surface area contributed by atoms with Crippen LogP contribution in [0.2, 0.25) is 0 Å². The van der Waals surface area contributed by atoms with Gasteiger partial charge in [0.1, 0.15) is 6.26 Å². The monoisotopic (exact) mass is 327 g/mol. The van der Waals surface area contributed by atoms with Crippen LogP contribution in [0.3, 0.4) is 0 Å². The van der Waals surface area contributed by atoms with Gasteiger partial charge in [-0.2, -0.15) is 0 Å². The van der Waals surface area contributed by atoms with Crippen molar-refractivity contribution in [2.45, 2.75) is 37.8 Å². The Labute approximate surface area is 133 Å². The topological polar surface area (TPSA) is 81.2 Å². The van der Waals surface area contributed by atoms with E-state index in [2.05, 4.69) is 10.3 Å². The number of halogens is 1. The van der Waals surface area contributed by atoms with E-state index in [4.69, 9.17) is 10.2 Å². The highest BCUT2D eigenvalue weighted by Crippen LogP contribution is 2.27. The number of rotatable bonds is 4. The molecule has 7 heteroatoms. The molecule has 2 heterocycles. The minimum Gasteiger partial charge on any atom is -0.443 e. The Balaban J connectivity index is 0.00000161. The molecule has 0 aromatic carbocycles. The van der Waals surface area contributed by atoms with Gasteiger partial charge in [0, 0.05) is 0 Å². The third-order valence-electron chi connectivity index (χ3n) is 3.66. The van der Waals surface area contributed by atoms with E-state index in [1.807, 2.05) is 17.5 Å². The summed E-state index contributed by atoms with van der Waals surface area (Å²) in [5, 5.41) is 4.83. The zero-order valence-electron chi connectivity index (χ0n) is 11.5. The fraction of sp³-hybridized carbons (Fsp3) is 0.429. The number of amides is 1. The van der Waals surface area contributed by atoms with Crippen LogP contribution in [0, 0.1) is 0 Å². The summed E-state index contributed by atoms with van der Waals surface area (Å²) in [5.74, 6) is 0.503. The van der Waals surface area contributed by atoms with Gasteiger partial charge in [-0.15, -0.1) is 23.7 Å². The fourth-order valence-electron chi connectivity index (χ4n) is 2.48. The van der Waals surface area contributed by atoms with Gasteiger partial charge in [-0.3, -0.25) is 4.79 Å². The minimum atomic E-state index is -0.694. The Kier molecular flexibility index (Phi) is 5.03. The molecule has 1 aliphatic rings. The highest BCUT2D eigenvalue weighted by molar-refractivity contribution is 7.13. The molecule has 2 aromatic heterocycles. The van der Waals surface area contributed by atoms with Crippen molar-refractivity contribution in [3.05, 3.63) is 29.5 Å². The number of aromatic nitrogens is 1. The molecular formula is C14H18ClN3O2S. The van der Waals surface area contributed by atoms with Crippen LogP contribution in [-0.4, -0.2) is 16.4 Å². The smallest absolute Gasteiger partial charge is 0.240 e. The third-order valence-corrected chi connectivity index (χ3v) is 4.52. The lowest BCUT2D eigenvalue weighted by molar-refractivity contribution is -0.126. The number of nitrogens with two attached hydrogens (primary N) is 1. The number of nitrogens with zero attached hydrogens (tertiary/aromatic N) is 1. The minimum absolute atomic E-state index is 0. The second-order valence-corrected chi connectivity index (χ2v) is 6.11. The summed E-state index contributed by atoms with van der Waals surface area (Å²) >= 11 is 1.57. The molecule has 1 saturated carbocycles. The zero-order valence-corrected chi connectivity index (χ0v) is 13.1. The molecule has 1 amide bonds. The Morgan fingerprint density at radius 1 is 1.48 bits per heavy atom. The van der Waals surface area contributed by atoms with Crippen LogP contribution in [0.4, 0.5) is 0 Å². The van der Waals surface area contributed by atoms with Gasteiger partial charge >= 0.3 is 0 Å². The maximum atomic E-state index is 12.1. The quantitative estimate of drug-likeness (QED) is 0.904. The Morgan fingerprint density at radius 2 is 2.24 bits per heavy atom. The molecule has 0 unspecified atom stereocenters. The van der Waals surface area contributed by atoms with Crippen molar-refractivity contribution in [1.82, 2.24) is 10.3 Å². The van der Waals surface area contributed by atoms with E-state index in [-0.39, 0.29) is 18.3 Å². The second-order valence-electron chi connectivity index (χ2n) is 5.17. The summed E-state index contributed by atoms with van der Waals surface area (Å²) < 4.78 is 5.41. The van der Waals surface area contributed by atoms with Crippen LogP contribution in [0.1, 0.15) is 31.4 Å². The van der Waals surface area contributed by atoms with E-state index < -0.39 is 5.54 Å². The summed E-state index contributed by atoms with van der Waals surface area (Å²) in [4.78, 5) is 17.4. The van der Waals surface area contributed by atoms with E-state index in [9.17, 15) is 4.79 Å². The molecule has 0 radical (unpaired) electrons. The first-order valence-corrected chi connectivity index (χ1v) is 7.61. The predicted molar refractivity (Wildman–Crippen MR) is 84.3 cm³/mol. The Morgan fingerprint density at radius 3 is 2.90 bits per heavy atom. The first-order valence-electron chi connectivity index (χ1n) is 6.73. The van der Waals surface area contributed by atoms with Gasteiger partial charge in [-0.25, -0.2) is 4.98 Å². The summed E-state index contributed by atoms with van der Waals surface area (Å²) in [6.45, 7) is 0.354. The van der Waals surface area contributed by atoms with E-state index in [0.29, 0.717) is 18.1 Å². The van der Waals surface area contributed by atoms with Gasteiger partial charge < -0.3 is 15.5 Å². The van der Waals surface area contributed by atoms with Gasteiger partial charge in [0.25, 0.3) is 0 Å². The molecule has 1 aliphatic carbocycles. The molecule has 0 atom stereocenters. The van der Waals surface area contributed by atoms with Gasteiger partial charge in [-0.05, 0) is 24.3 Å². The van der Waals surface area contributed by atoms with E-state index in [1.54, 1.807) is 17.6 Å². The Bertz CT molecular complexity index is 591. The van der Waals surface area contributed by atoms with Crippen LogP contribution >= 0.6 is 23.7 Å². The molecule has 21 heavy (non-hydrogen) atoms. The zero-order chi connectivity index (χ0) is 14.0. The number of thiophene rings is 1. The highest BCUT2D eigenvalue weighted by atomic mass is 35.5. The number of carbonyl (C=O) groups excluding carboxylic acids is 1. The molecule has 0 aliphatic heterocycles. The highest BCUT2D eigenvalue weighted by Gasteiger charge is 2.36. The molecule has 0 bridgehead atoms. The van der Waals surface area contributed by atoms with Crippen molar-refractivity contribution in [2.24, 2.45) is 5.73 Å². The lowest BCUT2D eigenvalue weighted by Crippen LogP contribution is -2.51. The SMILES string of the molecule is Cl.NC1(C(=O)NCc2coc(-c3cccs3)n2)CCCC1. The van der Waals surface area contributed by atoms with Crippen LogP contribution < -0.4 is 11.1 Å².